The number of hydrogen-bond donors (Lipinski definition) is 1. The Hall–Kier alpha value is -1.73. The lowest BCUT2D eigenvalue weighted by atomic mass is 9.99. The number of halogens is 1. The molecule has 1 heterocycles. The number of amides is 1. The molecule has 0 saturated carbocycles. The minimum absolute atomic E-state index is 0.190. The van der Waals surface area contributed by atoms with E-state index in [0.717, 1.165) is 0 Å². The lowest BCUT2D eigenvalue weighted by Gasteiger charge is -2.26. The molecule has 21 heavy (non-hydrogen) atoms. The summed E-state index contributed by atoms with van der Waals surface area (Å²) in [5, 5.41) is 3.41. The first-order valence-electron chi connectivity index (χ1n) is 6.97. The maximum Gasteiger partial charge on any atom is 0.262 e. The van der Waals surface area contributed by atoms with Gasteiger partial charge >= 0.3 is 0 Å². The molecule has 0 fully saturated rings. The summed E-state index contributed by atoms with van der Waals surface area (Å²) in [5.41, 5.74) is -0.546. The first-order chi connectivity index (χ1) is 9.94. The summed E-state index contributed by atoms with van der Waals surface area (Å²) in [4.78, 5) is 16.3. The standard InChI is InChI=1S/C16H21ClN2O2/c1-5-8-16(4,7-3)19-15(20)14(6-2)21-13-9-12(17)10-18-11-13/h9-11,14H,6-7H2,1-4H3,(H,19,20). The lowest BCUT2D eigenvalue weighted by molar-refractivity contribution is -0.129. The summed E-state index contributed by atoms with van der Waals surface area (Å²) in [7, 11) is 0. The molecule has 1 N–H and O–H groups in total. The maximum atomic E-state index is 12.4. The van der Waals surface area contributed by atoms with Gasteiger partial charge in [-0.25, -0.2) is 0 Å². The fraction of sp³-hybridized carbons (Fsp3) is 0.500. The van der Waals surface area contributed by atoms with Crippen LogP contribution in [0.1, 0.15) is 40.5 Å². The average molecular weight is 309 g/mol. The number of hydrogen-bond acceptors (Lipinski definition) is 3. The van der Waals surface area contributed by atoms with E-state index in [-0.39, 0.29) is 5.91 Å². The second kappa shape index (κ2) is 7.90. The van der Waals surface area contributed by atoms with Crippen molar-refractivity contribution in [1.29, 1.82) is 0 Å². The van der Waals surface area contributed by atoms with Crippen LogP contribution in [0.2, 0.25) is 5.02 Å². The van der Waals surface area contributed by atoms with Gasteiger partial charge in [-0.3, -0.25) is 9.78 Å². The zero-order chi connectivity index (χ0) is 15.9. The van der Waals surface area contributed by atoms with Gasteiger partial charge < -0.3 is 10.1 Å². The van der Waals surface area contributed by atoms with Crippen LogP contribution in [0.3, 0.4) is 0 Å². The molecule has 2 unspecified atom stereocenters. The van der Waals surface area contributed by atoms with Gasteiger partial charge in [0.25, 0.3) is 5.91 Å². The molecule has 1 amide bonds. The molecule has 4 nitrogen and oxygen atoms in total. The number of carbonyl (C=O) groups excluding carboxylic acids is 1. The van der Waals surface area contributed by atoms with Crippen LogP contribution in [0.4, 0.5) is 0 Å². The van der Waals surface area contributed by atoms with Gasteiger partial charge in [-0.05, 0) is 26.7 Å². The highest BCUT2D eigenvalue weighted by molar-refractivity contribution is 6.30. The molecule has 1 rings (SSSR count). The van der Waals surface area contributed by atoms with E-state index in [2.05, 4.69) is 22.1 Å². The zero-order valence-corrected chi connectivity index (χ0v) is 13.6. The topological polar surface area (TPSA) is 51.2 Å². The Balaban J connectivity index is 2.79. The van der Waals surface area contributed by atoms with Crippen molar-refractivity contribution in [2.24, 2.45) is 0 Å². The van der Waals surface area contributed by atoms with Gasteiger partial charge in [0.15, 0.2) is 6.10 Å². The highest BCUT2D eigenvalue weighted by Crippen LogP contribution is 2.18. The van der Waals surface area contributed by atoms with Gasteiger partial charge in [-0.15, -0.1) is 5.92 Å². The quantitative estimate of drug-likeness (QED) is 0.821. The summed E-state index contributed by atoms with van der Waals surface area (Å²) in [6.07, 6.45) is 3.70. The predicted octanol–water partition coefficient (Wildman–Crippen LogP) is 3.20. The molecule has 1 aromatic rings. The van der Waals surface area contributed by atoms with Crippen molar-refractivity contribution < 1.29 is 9.53 Å². The van der Waals surface area contributed by atoms with Crippen molar-refractivity contribution >= 4 is 17.5 Å². The minimum atomic E-state index is -0.602. The Kier molecular flexibility index (Phi) is 6.51. The third-order valence-electron chi connectivity index (χ3n) is 3.13. The maximum absolute atomic E-state index is 12.4. The van der Waals surface area contributed by atoms with E-state index in [4.69, 9.17) is 16.3 Å². The highest BCUT2D eigenvalue weighted by atomic mass is 35.5. The van der Waals surface area contributed by atoms with Crippen LogP contribution in [0, 0.1) is 11.8 Å². The van der Waals surface area contributed by atoms with Crippen LogP contribution in [-0.4, -0.2) is 22.5 Å². The van der Waals surface area contributed by atoms with Gasteiger partial charge in [0.2, 0.25) is 0 Å². The van der Waals surface area contributed by atoms with Crippen molar-refractivity contribution in [3.05, 3.63) is 23.5 Å². The van der Waals surface area contributed by atoms with Crippen molar-refractivity contribution in [2.45, 2.75) is 52.2 Å². The molecule has 0 radical (unpaired) electrons. The summed E-state index contributed by atoms with van der Waals surface area (Å²) in [5.74, 6) is 6.15. The Morgan fingerprint density at radius 1 is 1.52 bits per heavy atom. The molecule has 2 atom stereocenters. The highest BCUT2D eigenvalue weighted by Gasteiger charge is 2.27. The van der Waals surface area contributed by atoms with E-state index in [1.807, 2.05) is 20.8 Å². The van der Waals surface area contributed by atoms with Gasteiger partial charge in [0.05, 0.1) is 16.8 Å². The van der Waals surface area contributed by atoms with E-state index < -0.39 is 11.6 Å². The molecule has 5 heteroatoms. The second-order valence-corrected chi connectivity index (χ2v) is 5.34. The largest absolute Gasteiger partial charge is 0.479 e. The Labute approximate surface area is 131 Å². The Morgan fingerprint density at radius 2 is 2.24 bits per heavy atom. The van der Waals surface area contributed by atoms with Crippen LogP contribution in [0.25, 0.3) is 0 Å². The number of pyridine rings is 1. The summed E-state index contributed by atoms with van der Waals surface area (Å²) < 4.78 is 5.67. The number of nitrogens with zero attached hydrogens (tertiary/aromatic N) is 1. The first-order valence-corrected chi connectivity index (χ1v) is 7.35. The molecule has 114 valence electrons. The monoisotopic (exact) mass is 308 g/mol. The fourth-order valence-electron chi connectivity index (χ4n) is 1.78. The Bertz CT molecular complexity index is 551. The third kappa shape index (κ3) is 5.28. The molecule has 0 aliphatic rings. The number of aromatic nitrogens is 1. The van der Waals surface area contributed by atoms with E-state index in [0.29, 0.717) is 23.6 Å². The predicted molar refractivity (Wildman–Crippen MR) is 84.2 cm³/mol. The van der Waals surface area contributed by atoms with E-state index in [9.17, 15) is 4.79 Å². The van der Waals surface area contributed by atoms with Crippen molar-refractivity contribution in [3.63, 3.8) is 0 Å². The summed E-state index contributed by atoms with van der Waals surface area (Å²) >= 11 is 5.86. The number of rotatable bonds is 6. The van der Waals surface area contributed by atoms with Crippen molar-refractivity contribution in [2.75, 3.05) is 0 Å². The van der Waals surface area contributed by atoms with Crippen molar-refractivity contribution in [3.8, 4) is 17.6 Å². The summed E-state index contributed by atoms with van der Waals surface area (Å²) in [6.45, 7) is 7.52. The van der Waals surface area contributed by atoms with Crippen LogP contribution in [0.5, 0.6) is 5.75 Å². The third-order valence-corrected chi connectivity index (χ3v) is 3.34. The van der Waals surface area contributed by atoms with Gasteiger partial charge in [0.1, 0.15) is 5.75 Å². The van der Waals surface area contributed by atoms with E-state index in [1.165, 1.54) is 12.4 Å². The molecule has 0 aliphatic carbocycles. The lowest BCUT2D eigenvalue weighted by Crippen LogP contribution is -2.50. The fourth-order valence-corrected chi connectivity index (χ4v) is 1.94. The molecule has 0 aromatic carbocycles. The molecule has 0 spiro atoms. The molecular formula is C16H21ClN2O2. The molecule has 0 bridgehead atoms. The van der Waals surface area contributed by atoms with Gasteiger partial charge in [-0.1, -0.05) is 31.4 Å². The minimum Gasteiger partial charge on any atom is -0.479 e. The number of ether oxygens (including phenoxy) is 1. The van der Waals surface area contributed by atoms with Crippen LogP contribution < -0.4 is 10.1 Å². The second-order valence-electron chi connectivity index (χ2n) is 4.90. The van der Waals surface area contributed by atoms with Crippen molar-refractivity contribution in [1.82, 2.24) is 10.3 Å². The van der Waals surface area contributed by atoms with Gasteiger partial charge in [-0.2, -0.15) is 0 Å². The molecular weight excluding hydrogens is 288 g/mol. The first kappa shape index (κ1) is 17.3. The van der Waals surface area contributed by atoms with E-state index in [1.54, 1.807) is 13.0 Å². The van der Waals surface area contributed by atoms with Crippen LogP contribution in [0.15, 0.2) is 18.5 Å². The smallest absolute Gasteiger partial charge is 0.262 e. The van der Waals surface area contributed by atoms with Crippen LogP contribution >= 0.6 is 11.6 Å². The average Bonchev–Trinajstić information content (AvgIpc) is 2.45. The molecule has 0 saturated heterocycles. The molecule has 0 aliphatic heterocycles. The molecule has 1 aromatic heterocycles. The number of carbonyl (C=O) groups is 1. The van der Waals surface area contributed by atoms with Crippen LogP contribution in [-0.2, 0) is 4.79 Å². The normalized spacial score (nSPS) is 14.3. The van der Waals surface area contributed by atoms with E-state index >= 15 is 0 Å². The number of nitrogens with one attached hydrogen (secondary N) is 1. The Morgan fingerprint density at radius 3 is 2.76 bits per heavy atom. The SMILES string of the molecule is CC#CC(C)(CC)NC(=O)C(CC)Oc1cncc(Cl)c1. The zero-order valence-electron chi connectivity index (χ0n) is 12.9. The summed E-state index contributed by atoms with van der Waals surface area (Å²) in [6, 6.07) is 1.63. The van der Waals surface area contributed by atoms with Gasteiger partial charge in [0, 0.05) is 12.3 Å².